The maximum atomic E-state index is 12.9. The normalized spacial score (nSPS) is 19.3. The molecule has 0 aliphatic heterocycles. The van der Waals surface area contributed by atoms with Crippen molar-refractivity contribution in [1.29, 1.82) is 0 Å². The van der Waals surface area contributed by atoms with Crippen LogP contribution in [-0.2, 0) is 6.42 Å². The monoisotopic (exact) mass is 290 g/mol. The summed E-state index contributed by atoms with van der Waals surface area (Å²) in [6, 6.07) is 8.20. The first kappa shape index (κ1) is 14.8. The van der Waals surface area contributed by atoms with Crippen molar-refractivity contribution in [2.75, 3.05) is 12.8 Å². The van der Waals surface area contributed by atoms with Gasteiger partial charge in [0.2, 0.25) is 0 Å². The second-order valence-corrected chi connectivity index (χ2v) is 9.12. The molecule has 0 spiro atoms. The Balaban J connectivity index is 1.92. The predicted octanol–water partition coefficient (Wildman–Crippen LogP) is 6.11. The summed E-state index contributed by atoms with van der Waals surface area (Å²) in [5, 5.41) is 0. The van der Waals surface area contributed by atoms with Crippen LogP contribution in [0.3, 0.4) is 0 Å². The summed E-state index contributed by atoms with van der Waals surface area (Å²) >= 11 is 0. The second-order valence-electron chi connectivity index (χ2n) is 5.93. The Bertz CT molecular complexity index is 421. The first-order chi connectivity index (χ1) is 8.80. The van der Waals surface area contributed by atoms with E-state index >= 15 is 0 Å². The topological polar surface area (TPSA) is 0 Å². The van der Waals surface area contributed by atoms with E-state index in [1.54, 1.807) is 0 Å². The molecular formula is C15H22F3P. The fraction of sp³-hybridized carbons (Fsp3) is 0.600. The minimum atomic E-state index is -5.81. The Hall–Kier alpha value is -0.560. The Kier molecular flexibility index (Phi) is 4.25. The van der Waals surface area contributed by atoms with Crippen LogP contribution in [-0.4, -0.2) is 12.8 Å². The Morgan fingerprint density at radius 1 is 1.16 bits per heavy atom. The van der Waals surface area contributed by atoms with Crippen molar-refractivity contribution in [3.05, 3.63) is 35.4 Å². The van der Waals surface area contributed by atoms with Crippen LogP contribution in [0.15, 0.2) is 24.3 Å². The molecule has 0 atom stereocenters. The number of hydrogen-bond acceptors (Lipinski definition) is 0. The van der Waals surface area contributed by atoms with E-state index in [0.717, 1.165) is 5.56 Å². The third-order valence-corrected chi connectivity index (χ3v) is 5.15. The van der Waals surface area contributed by atoms with Gasteiger partial charge in [0.1, 0.15) is 0 Å². The van der Waals surface area contributed by atoms with Crippen LogP contribution in [0.5, 0.6) is 0 Å². The summed E-state index contributed by atoms with van der Waals surface area (Å²) in [6.45, 7) is 0.487. The number of rotatable bonds is 5. The molecule has 4 heteroatoms. The van der Waals surface area contributed by atoms with Crippen LogP contribution in [0.4, 0.5) is 12.6 Å². The summed E-state index contributed by atoms with van der Waals surface area (Å²) in [7, 11) is -5.81. The molecule has 1 aliphatic carbocycles. The average molecular weight is 290 g/mol. The first-order valence-electron chi connectivity index (χ1n) is 7.05. The predicted molar refractivity (Wildman–Crippen MR) is 77.0 cm³/mol. The fourth-order valence-electron chi connectivity index (χ4n) is 2.88. The number of benzene rings is 1. The molecule has 0 unspecified atom stereocenters. The van der Waals surface area contributed by atoms with E-state index in [2.05, 4.69) is 12.1 Å². The van der Waals surface area contributed by atoms with Gasteiger partial charge in [-0.05, 0) is 0 Å². The Morgan fingerprint density at radius 3 is 2.47 bits per heavy atom. The zero-order valence-electron chi connectivity index (χ0n) is 11.4. The van der Waals surface area contributed by atoms with Gasteiger partial charge >= 0.3 is 113 Å². The van der Waals surface area contributed by atoms with Crippen LogP contribution >= 0.6 is 7.54 Å². The standard InChI is InChI=1S/C15H22F3P/c1-19(16,17,18)11-5-7-13-6-4-10-15(12-13)14-8-2-3-9-14/h4,6,10,12,14H,2-3,5,7-9,11H2,1H3. The fourth-order valence-corrected chi connectivity index (χ4v) is 3.72. The van der Waals surface area contributed by atoms with Crippen molar-refractivity contribution >= 4 is 7.54 Å². The zero-order chi connectivity index (χ0) is 14.0. The third-order valence-electron chi connectivity index (χ3n) is 3.88. The number of hydrogen-bond donors (Lipinski definition) is 0. The molecule has 0 nitrogen and oxygen atoms in total. The van der Waals surface area contributed by atoms with Crippen LogP contribution in [0.2, 0.25) is 0 Å². The van der Waals surface area contributed by atoms with Gasteiger partial charge in [0.15, 0.2) is 0 Å². The number of aryl methyl sites for hydroxylation is 1. The van der Waals surface area contributed by atoms with Crippen LogP contribution in [0, 0.1) is 0 Å². The van der Waals surface area contributed by atoms with Gasteiger partial charge in [-0.3, -0.25) is 0 Å². The van der Waals surface area contributed by atoms with Gasteiger partial charge in [-0.25, -0.2) is 0 Å². The third kappa shape index (κ3) is 5.14. The molecule has 0 aromatic heterocycles. The van der Waals surface area contributed by atoms with Crippen LogP contribution in [0.25, 0.3) is 0 Å². The molecule has 19 heavy (non-hydrogen) atoms. The molecule has 1 aromatic carbocycles. The SMILES string of the molecule is CP(F)(F)(F)CCCc1cccc(C2CCCC2)c1. The molecule has 1 saturated carbocycles. The Morgan fingerprint density at radius 2 is 1.84 bits per heavy atom. The molecule has 0 N–H and O–H groups in total. The van der Waals surface area contributed by atoms with Crippen molar-refractivity contribution < 1.29 is 12.6 Å². The van der Waals surface area contributed by atoms with E-state index < -0.39 is 13.7 Å². The maximum absolute atomic E-state index is 12.9. The van der Waals surface area contributed by atoms with Gasteiger partial charge in [0, 0.05) is 0 Å². The second kappa shape index (κ2) is 5.44. The van der Waals surface area contributed by atoms with Crippen molar-refractivity contribution in [2.24, 2.45) is 0 Å². The first-order valence-corrected chi connectivity index (χ1v) is 9.59. The molecule has 1 aliphatic rings. The van der Waals surface area contributed by atoms with Crippen LogP contribution < -0.4 is 0 Å². The van der Waals surface area contributed by atoms with E-state index in [-0.39, 0.29) is 6.42 Å². The van der Waals surface area contributed by atoms with Gasteiger partial charge in [-0.2, -0.15) is 0 Å². The van der Waals surface area contributed by atoms with Crippen molar-refractivity contribution in [2.45, 2.75) is 44.4 Å². The minimum absolute atomic E-state index is 0.228. The van der Waals surface area contributed by atoms with E-state index in [1.807, 2.05) is 12.1 Å². The molecule has 0 amide bonds. The molecular weight excluding hydrogens is 268 g/mol. The molecule has 2 rings (SSSR count). The van der Waals surface area contributed by atoms with Gasteiger partial charge in [-0.15, -0.1) is 0 Å². The average Bonchev–Trinajstić information content (AvgIpc) is 2.80. The van der Waals surface area contributed by atoms with Crippen molar-refractivity contribution in [1.82, 2.24) is 0 Å². The van der Waals surface area contributed by atoms with Crippen molar-refractivity contribution in [3.63, 3.8) is 0 Å². The molecule has 1 fully saturated rings. The van der Waals surface area contributed by atoms with Crippen molar-refractivity contribution in [3.8, 4) is 0 Å². The van der Waals surface area contributed by atoms with Gasteiger partial charge in [0.05, 0.1) is 0 Å². The Labute approximate surface area is 113 Å². The van der Waals surface area contributed by atoms with Gasteiger partial charge in [0.25, 0.3) is 0 Å². The summed E-state index contributed by atoms with van der Waals surface area (Å²) in [5.74, 6) is 0.633. The molecule has 1 aromatic rings. The zero-order valence-corrected chi connectivity index (χ0v) is 12.3. The number of halogens is 3. The summed E-state index contributed by atoms with van der Waals surface area (Å²) < 4.78 is 38.7. The molecule has 0 bridgehead atoms. The van der Waals surface area contributed by atoms with Gasteiger partial charge < -0.3 is 0 Å². The van der Waals surface area contributed by atoms with E-state index in [4.69, 9.17) is 0 Å². The van der Waals surface area contributed by atoms with E-state index in [1.165, 1.54) is 31.2 Å². The summed E-state index contributed by atoms with van der Waals surface area (Å²) in [4.78, 5) is 0. The molecule has 0 saturated heterocycles. The van der Waals surface area contributed by atoms with Gasteiger partial charge in [-0.1, -0.05) is 0 Å². The summed E-state index contributed by atoms with van der Waals surface area (Å²) in [6.07, 6.45) is 5.22. The van der Waals surface area contributed by atoms with E-state index in [0.29, 0.717) is 19.0 Å². The molecule has 108 valence electrons. The quantitative estimate of drug-likeness (QED) is 0.574. The van der Waals surface area contributed by atoms with E-state index in [9.17, 15) is 12.6 Å². The molecule has 0 heterocycles. The summed E-state index contributed by atoms with van der Waals surface area (Å²) in [5.41, 5.74) is 2.38. The molecule has 0 radical (unpaired) electrons. The van der Waals surface area contributed by atoms with Crippen LogP contribution in [0.1, 0.15) is 49.1 Å².